The minimum absolute atomic E-state index is 0.00649. The van der Waals surface area contributed by atoms with Gasteiger partial charge in [0.25, 0.3) is 0 Å². The Kier molecular flexibility index (Phi) is 4.42. The van der Waals surface area contributed by atoms with Gasteiger partial charge in [0.2, 0.25) is 11.7 Å². The Morgan fingerprint density at radius 2 is 1.77 bits per heavy atom. The standard InChI is InChI=1S/C20H20ClN3O2/c1-14(25)24-18-8-3-2-7-17(18)19(26)20(24)23-11-9-22(10-12-23)16-6-4-5-15(21)13-16/h2-8,13,20H,9-12H2,1H3. The molecule has 4 rings (SSSR count). The van der Waals surface area contributed by atoms with E-state index in [1.165, 1.54) is 6.92 Å². The quantitative estimate of drug-likeness (QED) is 0.816. The van der Waals surface area contributed by atoms with Crippen LogP contribution in [0.5, 0.6) is 0 Å². The van der Waals surface area contributed by atoms with Gasteiger partial charge in [0.1, 0.15) is 0 Å². The van der Waals surface area contributed by atoms with Crippen molar-refractivity contribution in [1.29, 1.82) is 0 Å². The van der Waals surface area contributed by atoms with Crippen molar-refractivity contribution in [3.8, 4) is 0 Å². The molecule has 1 atom stereocenters. The first-order valence-corrected chi connectivity index (χ1v) is 9.11. The number of nitrogens with zero attached hydrogens (tertiary/aromatic N) is 3. The van der Waals surface area contributed by atoms with Crippen molar-refractivity contribution < 1.29 is 9.59 Å². The summed E-state index contributed by atoms with van der Waals surface area (Å²) in [5.74, 6) is -0.0995. The maximum Gasteiger partial charge on any atom is 0.225 e. The molecule has 0 saturated carbocycles. The number of Topliss-reactive ketones (excluding diaryl/α,β-unsaturated/α-hetero) is 1. The SMILES string of the molecule is CC(=O)N1c2ccccc2C(=O)C1N1CCN(c2cccc(Cl)c2)CC1. The van der Waals surface area contributed by atoms with Gasteiger partial charge in [-0.1, -0.05) is 29.8 Å². The number of amides is 1. The number of carbonyl (C=O) groups excluding carboxylic acids is 2. The van der Waals surface area contributed by atoms with Gasteiger partial charge >= 0.3 is 0 Å². The van der Waals surface area contributed by atoms with Crippen LogP contribution in [0.2, 0.25) is 5.02 Å². The molecule has 2 aliphatic rings. The van der Waals surface area contributed by atoms with Crippen molar-refractivity contribution in [2.24, 2.45) is 0 Å². The Hall–Kier alpha value is -2.37. The second kappa shape index (κ2) is 6.74. The van der Waals surface area contributed by atoms with Crippen molar-refractivity contribution in [3.63, 3.8) is 0 Å². The van der Waals surface area contributed by atoms with Gasteiger partial charge in [-0.2, -0.15) is 0 Å². The minimum Gasteiger partial charge on any atom is -0.369 e. The lowest BCUT2D eigenvalue weighted by molar-refractivity contribution is -0.117. The van der Waals surface area contributed by atoms with E-state index < -0.39 is 6.17 Å². The van der Waals surface area contributed by atoms with Crippen LogP contribution in [0.4, 0.5) is 11.4 Å². The summed E-state index contributed by atoms with van der Waals surface area (Å²) < 4.78 is 0. The number of ketones is 1. The Bertz CT molecular complexity index is 862. The Labute approximate surface area is 157 Å². The first-order valence-electron chi connectivity index (χ1n) is 8.74. The van der Waals surface area contributed by atoms with E-state index in [2.05, 4.69) is 9.80 Å². The molecule has 0 N–H and O–H groups in total. The fourth-order valence-electron chi connectivity index (χ4n) is 3.85. The molecule has 2 aliphatic heterocycles. The highest BCUT2D eigenvalue weighted by Gasteiger charge is 2.43. The van der Waals surface area contributed by atoms with E-state index in [0.717, 1.165) is 18.8 Å². The highest BCUT2D eigenvalue weighted by molar-refractivity contribution is 6.30. The largest absolute Gasteiger partial charge is 0.369 e. The highest BCUT2D eigenvalue weighted by Crippen LogP contribution is 2.34. The molecule has 1 unspecified atom stereocenters. The van der Waals surface area contributed by atoms with Crippen LogP contribution in [-0.2, 0) is 4.79 Å². The van der Waals surface area contributed by atoms with Crippen molar-refractivity contribution in [2.75, 3.05) is 36.0 Å². The first-order chi connectivity index (χ1) is 12.6. The molecule has 1 amide bonds. The molecule has 6 heteroatoms. The van der Waals surface area contributed by atoms with Gasteiger partial charge in [-0.3, -0.25) is 19.4 Å². The average molecular weight is 370 g/mol. The van der Waals surface area contributed by atoms with Gasteiger partial charge in [0, 0.05) is 49.4 Å². The number of fused-ring (bicyclic) bond motifs is 1. The molecule has 2 heterocycles. The number of hydrogen-bond acceptors (Lipinski definition) is 4. The van der Waals surface area contributed by atoms with Crippen molar-refractivity contribution in [2.45, 2.75) is 13.1 Å². The number of anilines is 2. The van der Waals surface area contributed by atoms with Crippen LogP contribution >= 0.6 is 11.6 Å². The lowest BCUT2D eigenvalue weighted by Gasteiger charge is -2.40. The second-order valence-corrected chi connectivity index (χ2v) is 7.08. The lowest BCUT2D eigenvalue weighted by Crippen LogP contribution is -2.58. The van der Waals surface area contributed by atoms with Crippen LogP contribution in [0.3, 0.4) is 0 Å². The third-order valence-corrected chi connectivity index (χ3v) is 5.32. The monoisotopic (exact) mass is 369 g/mol. The smallest absolute Gasteiger partial charge is 0.225 e. The van der Waals surface area contributed by atoms with E-state index in [9.17, 15) is 9.59 Å². The summed E-state index contributed by atoms with van der Waals surface area (Å²) >= 11 is 6.10. The summed E-state index contributed by atoms with van der Waals surface area (Å²) in [5, 5.41) is 0.717. The molecule has 134 valence electrons. The second-order valence-electron chi connectivity index (χ2n) is 6.65. The van der Waals surface area contributed by atoms with Crippen molar-refractivity contribution in [3.05, 3.63) is 59.1 Å². The van der Waals surface area contributed by atoms with E-state index in [4.69, 9.17) is 11.6 Å². The van der Waals surface area contributed by atoms with E-state index in [-0.39, 0.29) is 11.7 Å². The number of piperazine rings is 1. The van der Waals surface area contributed by atoms with E-state index >= 15 is 0 Å². The predicted octanol–water partition coefficient (Wildman–Crippen LogP) is 3.04. The molecular formula is C20H20ClN3O2. The summed E-state index contributed by atoms with van der Waals surface area (Å²) in [5.41, 5.74) is 2.43. The van der Waals surface area contributed by atoms with Crippen LogP contribution in [0.1, 0.15) is 17.3 Å². The molecule has 5 nitrogen and oxygen atoms in total. The summed E-state index contributed by atoms with van der Waals surface area (Å²) in [6, 6.07) is 15.2. The van der Waals surface area contributed by atoms with Gasteiger partial charge in [-0.15, -0.1) is 0 Å². The van der Waals surface area contributed by atoms with Gasteiger partial charge in [-0.05, 0) is 30.3 Å². The van der Waals surface area contributed by atoms with Crippen LogP contribution < -0.4 is 9.80 Å². The number of carbonyl (C=O) groups is 2. The van der Waals surface area contributed by atoms with Crippen LogP contribution in [0, 0.1) is 0 Å². The fourth-order valence-corrected chi connectivity index (χ4v) is 4.03. The van der Waals surface area contributed by atoms with Crippen molar-refractivity contribution in [1.82, 2.24) is 4.90 Å². The molecule has 1 saturated heterocycles. The zero-order valence-electron chi connectivity index (χ0n) is 14.6. The summed E-state index contributed by atoms with van der Waals surface area (Å²) in [6.07, 6.45) is -0.536. The summed E-state index contributed by atoms with van der Waals surface area (Å²) in [6.45, 7) is 4.50. The zero-order valence-corrected chi connectivity index (χ0v) is 15.3. The topological polar surface area (TPSA) is 43.9 Å². The molecule has 26 heavy (non-hydrogen) atoms. The van der Waals surface area contributed by atoms with Crippen LogP contribution in [0.25, 0.3) is 0 Å². The lowest BCUT2D eigenvalue weighted by atomic mass is 10.1. The molecule has 0 aromatic heterocycles. The molecule has 2 aromatic rings. The predicted molar refractivity (Wildman–Crippen MR) is 103 cm³/mol. The van der Waals surface area contributed by atoms with E-state index in [1.54, 1.807) is 11.0 Å². The first kappa shape index (κ1) is 17.1. The minimum atomic E-state index is -0.536. The molecule has 0 spiro atoms. The summed E-state index contributed by atoms with van der Waals surface area (Å²) in [4.78, 5) is 31.2. The molecule has 0 aliphatic carbocycles. The number of halogens is 1. The molecule has 1 fully saturated rings. The maximum absolute atomic E-state index is 12.9. The zero-order chi connectivity index (χ0) is 18.3. The Morgan fingerprint density at radius 3 is 2.46 bits per heavy atom. The average Bonchev–Trinajstić information content (AvgIpc) is 2.95. The number of para-hydroxylation sites is 1. The number of hydrogen-bond donors (Lipinski definition) is 0. The third-order valence-electron chi connectivity index (χ3n) is 5.08. The van der Waals surface area contributed by atoms with E-state index in [0.29, 0.717) is 29.4 Å². The normalized spacial score (nSPS) is 20.4. The maximum atomic E-state index is 12.9. The van der Waals surface area contributed by atoms with Crippen LogP contribution in [-0.4, -0.2) is 48.9 Å². The Balaban J connectivity index is 1.54. The molecule has 0 bridgehead atoms. The van der Waals surface area contributed by atoms with Crippen molar-refractivity contribution >= 4 is 34.7 Å². The third kappa shape index (κ3) is 2.87. The highest BCUT2D eigenvalue weighted by atomic mass is 35.5. The van der Waals surface area contributed by atoms with Gasteiger partial charge in [-0.25, -0.2) is 0 Å². The Morgan fingerprint density at radius 1 is 1.04 bits per heavy atom. The van der Waals surface area contributed by atoms with Gasteiger partial charge in [0.05, 0.1) is 5.69 Å². The molecule has 0 radical (unpaired) electrons. The number of rotatable bonds is 2. The van der Waals surface area contributed by atoms with Crippen LogP contribution in [0.15, 0.2) is 48.5 Å². The fraction of sp³-hybridized carbons (Fsp3) is 0.300. The van der Waals surface area contributed by atoms with Gasteiger partial charge < -0.3 is 4.90 Å². The van der Waals surface area contributed by atoms with Gasteiger partial charge in [0.15, 0.2) is 6.17 Å². The summed E-state index contributed by atoms with van der Waals surface area (Å²) in [7, 11) is 0. The molecular weight excluding hydrogens is 350 g/mol. The molecule has 2 aromatic carbocycles. The van der Waals surface area contributed by atoms with E-state index in [1.807, 2.05) is 42.5 Å². The number of benzene rings is 2.